The Morgan fingerprint density at radius 3 is 1.40 bits per heavy atom. The average molecular weight is 837 g/mol. The Bertz CT molecular complexity index is 2070. The minimum Gasteiger partial charge on any atom is -0.306 e. The summed E-state index contributed by atoms with van der Waals surface area (Å²) in [4.78, 5) is 44.0. The van der Waals surface area contributed by atoms with Gasteiger partial charge in [-0.15, -0.1) is 0 Å². The number of nitriles is 2. The van der Waals surface area contributed by atoms with Crippen LogP contribution < -0.4 is 0 Å². The molecule has 2 aromatic heterocycles. The first-order valence-electron chi connectivity index (χ1n) is 23.5. The van der Waals surface area contributed by atoms with Gasteiger partial charge in [-0.2, -0.15) is 10.5 Å². The van der Waals surface area contributed by atoms with Gasteiger partial charge in [0.05, 0.1) is 35.2 Å². The summed E-state index contributed by atoms with van der Waals surface area (Å²) in [7, 11) is 4.37. The van der Waals surface area contributed by atoms with Crippen molar-refractivity contribution in [1.29, 1.82) is 10.5 Å². The first-order chi connectivity index (χ1) is 30.1. The van der Waals surface area contributed by atoms with Gasteiger partial charge in [0.25, 0.3) is 0 Å². The van der Waals surface area contributed by atoms with Crippen molar-refractivity contribution >= 4 is 33.4 Å². The summed E-state index contributed by atoms with van der Waals surface area (Å²) in [6, 6.07) is 20.6. The molecule has 4 aliphatic rings. The van der Waals surface area contributed by atoms with E-state index in [1.165, 1.54) is 36.8 Å². The monoisotopic (exact) mass is 837 g/mol. The van der Waals surface area contributed by atoms with Crippen LogP contribution in [-0.2, 0) is 9.59 Å². The Morgan fingerprint density at radius 2 is 1.02 bits per heavy atom. The molecule has 0 unspecified atom stereocenters. The van der Waals surface area contributed by atoms with Gasteiger partial charge in [-0.25, -0.2) is 0 Å². The number of piperidine rings is 4. The van der Waals surface area contributed by atoms with Crippen LogP contribution in [0.1, 0.15) is 112 Å². The van der Waals surface area contributed by atoms with E-state index in [4.69, 9.17) is 0 Å². The fourth-order valence-electron chi connectivity index (χ4n) is 11.0. The Kier molecular flexibility index (Phi) is 15.9. The normalized spacial score (nSPS) is 23.6. The molecule has 0 spiro atoms. The molecule has 0 bridgehead atoms. The van der Waals surface area contributed by atoms with Crippen LogP contribution >= 0.6 is 0 Å². The number of nitrogens with zero attached hydrogens (tertiary/aromatic N) is 8. The lowest BCUT2D eigenvalue weighted by Crippen LogP contribution is -2.41. The molecule has 62 heavy (non-hydrogen) atoms. The molecular weight excluding hydrogens is 769 g/mol. The number of fused-ring (bicyclic) bond motifs is 2. The van der Waals surface area contributed by atoms with E-state index in [1.807, 2.05) is 24.3 Å². The molecule has 4 aliphatic heterocycles. The zero-order valence-corrected chi connectivity index (χ0v) is 37.8. The van der Waals surface area contributed by atoms with Gasteiger partial charge in [0.15, 0.2) is 0 Å². The van der Waals surface area contributed by atoms with E-state index in [2.05, 4.69) is 93.9 Å². The fraction of sp³-hybridized carbons (Fsp3) is 0.577. The van der Waals surface area contributed by atoms with Gasteiger partial charge in [-0.3, -0.25) is 29.4 Å². The first kappa shape index (κ1) is 45.4. The fourth-order valence-corrected chi connectivity index (χ4v) is 11.0. The maximum absolute atomic E-state index is 12.8. The average Bonchev–Trinajstić information content (AvgIpc) is 3.27. The van der Waals surface area contributed by atoms with Crippen molar-refractivity contribution in [2.75, 3.05) is 79.5 Å². The molecule has 10 heteroatoms. The summed E-state index contributed by atoms with van der Waals surface area (Å²) < 4.78 is 0. The minimum absolute atomic E-state index is 0.366. The zero-order valence-electron chi connectivity index (χ0n) is 37.8. The third-order valence-corrected chi connectivity index (χ3v) is 14.3. The predicted octanol–water partition coefficient (Wildman–Crippen LogP) is 8.45. The van der Waals surface area contributed by atoms with Crippen molar-refractivity contribution in [2.45, 2.75) is 89.9 Å². The van der Waals surface area contributed by atoms with E-state index in [0.717, 1.165) is 99.8 Å². The highest BCUT2D eigenvalue weighted by Crippen LogP contribution is 2.36. The molecule has 0 saturated carbocycles. The van der Waals surface area contributed by atoms with E-state index in [-0.39, 0.29) is 0 Å². The number of Topliss-reactive ketones (excluding diaryl/α,β-unsaturated/α-hetero) is 2. The molecule has 6 heterocycles. The third-order valence-electron chi connectivity index (χ3n) is 14.3. The van der Waals surface area contributed by atoms with Crippen molar-refractivity contribution in [3.05, 3.63) is 83.2 Å². The SMILES string of the molecule is C[C@@H]1C[C@@H](c2ccc(C#N)c3ncccc23)CN(CC(=O)CCC2CCN(C)CC2)C1.C[C@@H]1C[C@H](c2ccc(C#N)c3ncccc23)CN(CC(=O)CCC2CCN(C)CC2)C1. The summed E-state index contributed by atoms with van der Waals surface area (Å²) in [5, 5.41) is 21.0. The number of ketones is 2. The van der Waals surface area contributed by atoms with Gasteiger partial charge in [0.1, 0.15) is 23.7 Å². The molecule has 0 radical (unpaired) electrons. The van der Waals surface area contributed by atoms with E-state index >= 15 is 0 Å². The Labute approximate surface area is 370 Å². The lowest BCUT2D eigenvalue weighted by Gasteiger charge is -2.37. The van der Waals surface area contributed by atoms with Crippen molar-refractivity contribution in [2.24, 2.45) is 23.7 Å². The van der Waals surface area contributed by atoms with Crippen molar-refractivity contribution in [1.82, 2.24) is 29.6 Å². The highest BCUT2D eigenvalue weighted by Gasteiger charge is 2.30. The molecule has 0 N–H and O–H groups in total. The zero-order chi connectivity index (χ0) is 43.6. The highest BCUT2D eigenvalue weighted by molar-refractivity contribution is 5.88. The Morgan fingerprint density at radius 1 is 0.613 bits per heavy atom. The molecule has 328 valence electrons. The maximum Gasteiger partial charge on any atom is 0.146 e. The summed E-state index contributed by atoms with van der Waals surface area (Å²) >= 11 is 0. The quantitative estimate of drug-likeness (QED) is 0.138. The summed E-state index contributed by atoms with van der Waals surface area (Å²) in [5.41, 5.74) is 5.37. The molecule has 2 aromatic carbocycles. The molecule has 10 nitrogen and oxygen atoms in total. The van der Waals surface area contributed by atoms with Crippen LogP contribution in [0.5, 0.6) is 0 Å². The van der Waals surface area contributed by atoms with E-state index < -0.39 is 0 Å². The largest absolute Gasteiger partial charge is 0.306 e. The van der Waals surface area contributed by atoms with Crippen LogP contribution in [0.25, 0.3) is 21.8 Å². The molecule has 4 atom stereocenters. The lowest BCUT2D eigenvalue weighted by molar-refractivity contribution is -0.121. The van der Waals surface area contributed by atoms with Crippen molar-refractivity contribution in [3.63, 3.8) is 0 Å². The van der Waals surface area contributed by atoms with Crippen LogP contribution in [0.4, 0.5) is 0 Å². The number of hydrogen-bond acceptors (Lipinski definition) is 10. The van der Waals surface area contributed by atoms with Crippen LogP contribution in [0.15, 0.2) is 60.9 Å². The van der Waals surface area contributed by atoms with Gasteiger partial charge in [-0.1, -0.05) is 38.1 Å². The standard InChI is InChI=1S/2C26H34N4O/c2*1-19-14-22(24-8-6-21(15-27)26-25(24)4-3-11-28-26)17-30(16-19)18-23(31)7-5-20-9-12-29(2)13-10-20/h2*3-4,6,8,11,19-20,22H,5,7,9-10,12-14,16-18H2,1-2H3/t19-,22+;19-,22-/m11/s1. The highest BCUT2D eigenvalue weighted by atomic mass is 16.1. The number of hydrogen-bond donors (Lipinski definition) is 0. The van der Waals surface area contributed by atoms with Crippen molar-refractivity contribution < 1.29 is 9.59 Å². The number of carbonyl (C=O) groups is 2. The number of rotatable bonds is 12. The van der Waals surface area contributed by atoms with E-state index in [1.54, 1.807) is 12.4 Å². The molecule has 0 aliphatic carbocycles. The topological polar surface area (TPSA) is 120 Å². The summed E-state index contributed by atoms with van der Waals surface area (Å²) in [6.45, 7) is 14.1. The van der Waals surface area contributed by atoms with E-state index in [9.17, 15) is 20.1 Å². The Balaban J connectivity index is 0.000000186. The number of pyridine rings is 2. The van der Waals surface area contributed by atoms with Crippen LogP contribution in [0.2, 0.25) is 0 Å². The number of aromatic nitrogens is 2. The molecular formula is C52H68N8O2. The first-order valence-corrected chi connectivity index (χ1v) is 23.5. The van der Waals surface area contributed by atoms with Gasteiger partial charge in [-0.05, 0) is 163 Å². The summed E-state index contributed by atoms with van der Waals surface area (Å²) in [6.07, 6.45) is 14.2. The Hall–Kier alpha value is -4.58. The van der Waals surface area contributed by atoms with Gasteiger partial charge >= 0.3 is 0 Å². The third kappa shape index (κ3) is 11.9. The number of carbonyl (C=O) groups excluding carboxylic acids is 2. The summed E-state index contributed by atoms with van der Waals surface area (Å²) in [5.74, 6) is 4.02. The smallest absolute Gasteiger partial charge is 0.146 e. The van der Waals surface area contributed by atoms with Gasteiger partial charge in [0.2, 0.25) is 0 Å². The van der Waals surface area contributed by atoms with Gasteiger partial charge in [0, 0.05) is 62.2 Å². The second-order valence-corrected chi connectivity index (χ2v) is 19.5. The number of benzene rings is 2. The second-order valence-electron chi connectivity index (χ2n) is 19.5. The van der Waals surface area contributed by atoms with E-state index in [0.29, 0.717) is 84.1 Å². The predicted molar refractivity (Wildman–Crippen MR) is 248 cm³/mol. The molecule has 0 amide bonds. The van der Waals surface area contributed by atoms with Gasteiger partial charge < -0.3 is 9.80 Å². The minimum atomic E-state index is 0.366. The van der Waals surface area contributed by atoms with Crippen LogP contribution in [-0.4, -0.2) is 121 Å². The maximum atomic E-state index is 12.8. The van der Waals surface area contributed by atoms with Crippen LogP contribution in [0.3, 0.4) is 0 Å². The number of likely N-dealkylation sites (tertiary alicyclic amines) is 4. The molecule has 4 aromatic rings. The lowest BCUT2D eigenvalue weighted by atomic mass is 9.83. The van der Waals surface area contributed by atoms with Crippen molar-refractivity contribution in [3.8, 4) is 12.1 Å². The second kappa shape index (κ2) is 21.7. The molecule has 4 saturated heterocycles. The molecule has 8 rings (SSSR count). The van der Waals surface area contributed by atoms with Crippen LogP contribution in [0, 0.1) is 46.3 Å². The molecule has 4 fully saturated rings.